The lowest BCUT2D eigenvalue weighted by molar-refractivity contribution is -0.146. The molecule has 0 bridgehead atoms. The van der Waals surface area contributed by atoms with E-state index in [1.165, 1.54) is 0 Å². The summed E-state index contributed by atoms with van der Waals surface area (Å²) < 4.78 is 0. The molecule has 0 heterocycles. The van der Waals surface area contributed by atoms with E-state index in [4.69, 9.17) is 10.0 Å². The van der Waals surface area contributed by atoms with E-state index in [2.05, 4.69) is 0 Å². The van der Waals surface area contributed by atoms with Gasteiger partial charge in [0.05, 0.1) is 5.92 Å². The molecule has 1 saturated carbocycles. The molecule has 0 saturated heterocycles. The van der Waals surface area contributed by atoms with Crippen molar-refractivity contribution in [3.05, 3.63) is 0 Å². The van der Waals surface area contributed by atoms with Crippen molar-refractivity contribution in [2.75, 3.05) is 20.6 Å². The van der Waals surface area contributed by atoms with Crippen molar-refractivity contribution in [2.24, 2.45) is 17.8 Å². The molecule has 1 aliphatic rings. The van der Waals surface area contributed by atoms with Crippen LogP contribution in [0.3, 0.4) is 0 Å². The molecule has 104 valence electrons. The van der Waals surface area contributed by atoms with Crippen molar-refractivity contribution in [1.29, 1.82) is 0 Å². The standard InChI is InChI=1S/C12H24BNO4/c1-14(2)8-10-4-3-9(5-6-13(17)18)7-11(10)12(15)16/h9-11,17-18H,3-8H2,1-2H3,(H,15,16)/t9-,10+,11?/m0/s1. The summed E-state index contributed by atoms with van der Waals surface area (Å²) in [5, 5.41) is 27.0. The van der Waals surface area contributed by atoms with Gasteiger partial charge in [-0.15, -0.1) is 0 Å². The van der Waals surface area contributed by atoms with Crippen molar-refractivity contribution < 1.29 is 19.9 Å². The van der Waals surface area contributed by atoms with Gasteiger partial charge in [0, 0.05) is 6.54 Å². The molecule has 5 nitrogen and oxygen atoms in total. The first-order chi connectivity index (χ1) is 8.40. The molecule has 3 N–H and O–H groups in total. The van der Waals surface area contributed by atoms with Crippen LogP contribution in [-0.2, 0) is 4.79 Å². The first-order valence-electron chi connectivity index (χ1n) is 6.63. The maximum absolute atomic E-state index is 11.3. The van der Waals surface area contributed by atoms with Crippen LogP contribution in [0.25, 0.3) is 0 Å². The predicted molar refractivity (Wildman–Crippen MR) is 70.1 cm³/mol. The van der Waals surface area contributed by atoms with Gasteiger partial charge in [0.1, 0.15) is 0 Å². The summed E-state index contributed by atoms with van der Waals surface area (Å²) in [6.07, 6.45) is 3.63. The minimum atomic E-state index is -1.27. The molecule has 0 spiro atoms. The third-order valence-electron chi connectivity index (χ3n) is 3.85. The van der Waals surface area contributed by atoms with E-state index in [1.807, 2.05) is 19.0 Å². The number of rotatable bonds is 6. The normalized spacial score (nSPS) is 28.4. The summed E-state index contributed by atoms with van der Waals surface area (Å²) in [6, 6.07) is 0. The maximum Gasteiger partial charge on any atom is 0.451 e. The van der Waals surface area contributed by atoms with E-state index in [0.717, 1.165) is 19.4 Å². The lowest BCUT2D eigenvalue weighted by atomic mass is 9.70. The Kier molecular flexibility index (Phi) is 6.12. The molecule has 0 aliphatic heterocycles. The highest BCUT2D eigenvalue weighted by molar-refractivity contribution is 6.40. The van der Waals surface area contributed by atoms with Crippen LogP contribution < -0.4 is 0 Å². The molecular weight excluding hydrogens is 233 g/mol. The zero-order valence-electron chi connectivity index (χ0n) is 11.2. The second-order valence-electron chi connectivity index (χ2n) is 5.70. The number of aliphatic carboxylic acids is 1. The van der Waals surface area contributed by atoms with E-state index in [-0.39, 0.29) is 11.8 Å². The zero-order valence-corrected chi connectivity index (χ0v) is 11.2. The van der Waals surface area contributed by atoms with Crippen molar-refractivity contribution in [2.45, 2.75) is 32.0 Å². The van der Waals surface area contributed by atoms with E-state index in [1.54, 1.807) is 0 Å². The predicted octanol–water partition coefficient (Wildman–Crippen LogP) is 0.528. The van der Waals surface area contributed by atoms with Gasteiger partial charge in [-0.2, -0.15) is 0 Å². The summed E-state index contributed by atoms with van der Waals surface area (Å²) in [5.41, 5.74) is 0. The van der Waals surface area contributed by atoms with Crippen molar-refractivity contribution >= 4 is 13.1 Å². The van der Waals surface area contributed by atoms with Crippen LogP contribution in [0, 0.1) is 17.8 Å². The van der Waals surface area contributed by atoms with Gasteiger partial charge in [-0.05, 0) is 45.1 Å². The Balaban J connectivity index is 2.51. The molecule has 3 atom stereocenters. The Hall–Kier alpha value is -0.585. The SMILES string of the molecule is CN(C)C[C@H]1CC[C@@H](CCB(O)O)CC1C(=O)O. The molecule has 6 heteroatoms. The number of hydrogen-bond donors (Lipinski definition) is 3. The van der Waals surface area contributed by atoms with E-state index < -0.39 is 13.1 Å². The van der Waals surface area contributed by atoms with Crippen LogP contribution in [0.5, 0.6) is 0 Å². The molecule has 0 aromatic heterocycles. The molecular formula is C12H24BNO4. The Bertz CT molecular complexity index is 273. The van der Waals surface area contributed by atoms with Gasteiger partial charge in [-0.1, -0.05) is 12.8 Å². The third-order valence-corrected chi connectivity index (χ3v) is 3.85. The van der Waals surface area contributed by atoms with E-state index in [0.29, 0.717) is 25.1 Å². The monoisotopic (exact) mass is 257 g/mol. The number of carboxylic acids is 1. The third kappa shape index (κ3) is 4.96. The van der Waals surface area contributed by atoms with Crippen LogP contribution in [0.1, 0.15) is 25.7 Å². The van der Waals surface area contributed by atoms with Gasteiger partial charge in [0.2, 0.25) is 0 Å². The van der Waals surface area contributed by atoms with Gasteiger partial charge in [-0.25, -0.2) is 0 Å². The van der Waals surface area contributed by atoms with Crippen molar-refractivity contribution in [1.82, 2.24) is 4.90 Å². The molecule has 0 radical (unpaired) electrons. The molecule has 18 heavy (non-hydrogen) atoms. The smallest absolute Gasteiger partial charge is 0.451 e. The Labute approximate surface area is 109 Å². The molecule has 1 unspecified atom stereocenters. The Morgan fingerprint density at radius 2 is 2.00 bits per heavy atom. The van der Waals surface area contributed by atoms with Gasteiger partial charge in [0.15, 0.2) is 0 Å². The highest BCUT2D eigenvalue weighted by atomic mass is 16.4. The number of carbonyl (C=O) groups is 1. The summed E-state index contributed by atoms with van der Waals surface area (Å²) >= 11 is 0. The van der Waals surface area contributed by atoms with Gasteiger partial charge < -0.3 is 20.1 Å². The number of carboxylic acid groups (broad SMARTS) is 1. The van der Waals surface area contributed by atoms with Crippen LogP contribution >= 0.6 is 0 Å². The highest BCUT2D eigenvalue weighted by Gasteiger charge is 2.35. The fraction of sp³-hybridized carbons (Fsp3) is 0.917. The first kappa shape index (κ1) is 15.5. The number of nitrogens with zero attached hydrogens (tertiary/aromatic N) is 1. The second kappa shape index (κ2) is 7.11. The quantitative estimate of drug-likeness (QED) is 0.605. The fourth-order valence-electron chi connectivity index (χ4n) is 2.96. The van der Waals surface area contributed by atoms with Crippen LogP contribution in [0.15, 0.2) is 0 Å². The lowest BCUT2D eigenvalue weighted by Gasteiger charge is -2.35. The van der Waals surface area contributed by atoms with Gasteiger partial charge >= 0.3 is 13.1 Å². The molecule has 1 fully saturated rings. The highest BCUT2D eigenvalue weighted by Crippen LogP contribution is 2.36. The minimum absolute atomic E-state index is 0.216. The molecule has 1 aliphatic carbocycles. The number of hydrogen-bond acceptors (Lipinski definition) is 4. The van der Waals surface area contributed by atoms with Crippen LogP contribution in [0.4, 0.5) is 0 Å². The van der Waals surface area contributed by atoms with Gasteiger partial charge in [0.25, 0.3) is 0 Å². The second-order valence-corrected chi connectivity index (χ2v) is 5.70. The van der Waals surface area contributed by atoms with Gasteiger partial charge in [-0.3, -0.25) is 4.79 Å². The molecule has 0 aromatic carbocycles. The average molecular weight is 257 g/mol. The van der Waals surface area contributed by atoms with Crippen LogP contribution in [0.2, 0.25) is 6.32 Å². The summed E-state index contributed by atoms with van der Waals surface area (Å²) in [4.78, 5) is 13.4. The summed E-state index contributed by atoms with van der Waals surface area (Å²) in [6.45, 7) is 0.812. The maximum atomic E-state index is 11.3. The molecule has 0 aromatic rings. The largest absolute Gasteiger partial charge is 0.481 e. The summed E-state index contributed by atoms with van der Waals surface area (Å²) in [5.74, 6) is -0.475. The Morgan fingerprint density at radius 1 is 1.33 bits per heavy atom. The summed E-state index contributed by atoms with van der Waals surface area (Å²) in [7, 11) is 2.66. The van der Waals surface area contributed by atoms with E-state index in [9.17, 15) is 9.90 Å². The average Bonchev–Trinajstić information content (AvgIpc) is 2.26. The van der Waals surface area contributed by atoms with E-state index >= 15 is 0 Å². The minimum Gasteiger partial charge on any atom is -0.481 e. The van der Waals surface area contributed by atoms with Crippen LogP contribution in [-0.4, -0.2) is 53.8 Å². The lowest BCUT2D eigenvalue weighted by Crippen LogP contribution is -2.37. The molecule has 1 rings (SSSR count). The van der Waals surface area contributed by atoms with Crippen molar-refractivity contribution in [3.8, 4) is 0 Å². The molecule has 0 amide bonds. The topological polar surface area (TPSA) is 81.0 Å². The fourth-order valence-corrected chi connectivity index (χ4v) is 2.96. The Morgan fingerprint density at radius 3 is 2.50 bits per heavy atom. The first-order valence-corrected chi connectivity index (χ1v) is 6.63. The van der Waals surface area contributed by atoms with Crippen molar-refractivity contribution in [3.63, 3.8) is 0 Å². The zero-order chi connectivity index (χ0) is 13.7.